The summed E-state index contributed by atoms with van der Waals surface area (Å²) in [6.45, 7) is 7.73. The molecule has 0 unspecified atom stereocenters. The average molecular weight is 174 g/mol. The zero-order valence-electron chi connectivity index (χ0n) is 8.08. The third-order valence-electron chi connectivity index (χ3n) is 1.59. The van der Waals surface area contributed by atoms with E-state index < -0.39 is 0 Å². The quantitative estimate of drug-likeness (QED) is 0.503. The van der Waals surface area contributed by atoms with E-state index in [4.69, 9.17) is 4.74 Å². The number of rotatable bonds is 3. The fourth-order valence-electron chi connectivity index (χ4n) is 1.05. The first-order chi connectivity index (χ1) is 6.22. The van der Waals surface area contributed by atoms with Crippen molar-refractivity contribution in [2.24, 2.45) is 0 Å². The summed E-state index contributed by atoms with van der Waals surface area (Å²) in [4.78, 5) is 0. The van der Waals surface area contributed by atoms with Gasteiger partial charge in [-0.05, 0) is 37.6 Å². The molecule has 1 rings (SSSR count). The van der Waals surface area contributed by atoms with Crippen LogP contribution in [0.25, 0.3) is 0 Å². The smallest absolute Gasteiger partial charge is 0.127 e. The zero-order chi connectivity index (χ0) is 9.68. The van der Waals surface area contributed by atoms with Crippen molar-refractivity contribution in [3.8, 4) is 5.75 Å². The van der Waals surface area contributed by atoms with Gasteiger partial charge in [0.25, 0.3) is 0 Å². The molecule has 0 aliphatic heterocycles. The minimum Gasteiger partial charge on any atom is -0.458 e. The standard InChI is InChI=1S/C12H14O/c1-4-6-11(3)13-12-8-5-7-10(2)9-12/h4-9H,3H2,1-2H3. The molecule has 0 radical (unpaired) electrons. The van der Waals surface area contributed by atoms with Gasteiger partial charge in [-0.15, -0.1) is 0 Å². The SMILES string of the molecule is C=C(C=CC)Oc1cccc(C)c1. The van der Waals surface area contributed by atoms with Gasteiger partial charge in [-0.2, -0.15) is 0 Å². The van der Waals surface area contributed by atoms with Crippen LogP contribution in [0.4, 0.5) is 0 Å². The first-order valence-electron chi connectivity index (χ1n) is 4.28. The molecule has 0 amide bonds. The summed E-state index contributed by atoms with van der Waals surface area (Å²) in [6, 6.07) is 7.90. The van der Waals surface area contributed by atoms with Crippen LogP contribution in [0.5, 0.6) is 5.75 Å². The van der Waals surface area contributed by atoms with Crippen molar-refractivity contribution in [3.05, 3.63) is 54.3 Å². The Bertz CT molecular complexity index is 324. The van der Waals surface area contributed by atoms with Gasteiger partial charge in [-0.3, -0.25) is 0 Å². The van der Waals surface area contributed by atoms with E-state index in [0.29, 0.717) is 5.76 Å². The predicted octanol–water partition coefficient (Wildman–Crippen LogP) is 3.46. The Balaban J connectivity index is 2.69. The van der Waals surface area contributed by atoms with Crippen molar-refractivity contribution in [1.82, 2.24) is 0 Å². The average Bonchev–Trinajstić information content (AvgIpc) is 2.04. The van der Waals surface area contributed by atoms with Crippen LogP contribution in [-0.4, -0.2) is 0 Å². The van der Waals surface area contributed by atoms with E-state index in [0.717, 1.165) is 5.75 Å². The molecule has 68 valence electrons. The number of ether oxygens (including phenoxy) is 1. The van der Waals surface area contributed by atoms with Crippen LogP contribution in [0.2, 0.25) is 0 Å². The van der Waals surface area contributed by atoms with Crippen molar-refractivity contribution < 1.29 is 4.74 Å². The number of hydrogen-bond donors (Lipinski definition) is 0. The minimum atomic E-state index is 0.660. The van der Waals surface area contributed by atoms with Gasteiger partial charge in [0.1, 0.15) is 11.5 Å². The van der Waals surface area contributed by atoms with Crippen LogP contribution < -0.4 is 4.74 Å². The van der Waals surface area contributed by atoms with Gasteiger partial charge in [0.05, 0.1) is 0 Å². The largest absolute Gasteiger partial charge is 0.458 e. The second kappa shape index (κ2) is 4.51. The summed E-state index contributed by atoms with van der Waals surface area (Å²) < 4.78 is 5.45. The summed E-state index contributed by atoms with van der Waals surface area (Å²) >= 11 is 0. The highest BCUT2D eigenvalue weighted by molar-refractivity contribution is 5.29. The first-order valence-corrected chi connectivity index (χ1v) is 4.28. The lowest BCUT2D eigenvalue weighted by Gasteiger charge is -2.04. The van der Waals surface area contributed by atoms with Gasteiger partial charge >= 0.3 is 0 Å². The molecule has 1 aromatic rings. The second-order valence-electron chi connectivity index (χ2n) is 2.88. The van der Waals surface area contributed by atoms with Crippen molar-refractivity contribution in [2.45, 2.75) is 13.8 Å². The Labute approximate surface area is 79.4 Å². The van der Waals surface area contributed by atoms with Crippen LogP contribution in [0, 0.1) is 6.92 Å². The van der Waals surface area contributed by atoms with Gasteiger partial charge in [0.2, 0.25) is 0 Å². The highest BCUT2D eigenvalue weighted by Gasteiger charge is 1.93. The molecular formula is C12H14O. The van der Waals surface area contributed by atoms with Gasteiger partial charge in [0.15, 0.2) is 0 Å². The Morgan fingerprint density at radius 1 is 1.46 bits per heavy atom. The van der Waals surface area contributed by atoms with Crippen LogP contribution in [0.15, 0.2) is 48.8 Å². The number of aryl methyl sites for hydroxylation is 1. The fraction of sp³-hybridized carbons (Fsp3) is 0.167. The van der Waals surface area contributed by atoms with Crippen LogP contribution >= 0.6 is 0 Å². The maximum Gasteiger partial charge on any atom is 0.127 e. The lowest BCUT2D eigenvalue weighted by Crippen LogP contribution is -1.89. The van der Waals surface area contributed by atoms with Gasteiger partial charge in [-0.25, -0.2) is 0 Å². The van der Waals surface area contributed by atoms with E-state index in [1.54, 1.807) is 0 Å². The van der Waals surface area contributed by atoms with E-state index in [1.165, 1.54) is 5.56 Å². The van der Waals surface area contributed by atoms with Gasteiger partial charge < -0.3 is 4.74 Å². The molecule has 0 aliphatic carbocycles. The van der Waals surface area contributed by atoms with E-state index in [-0.39, 0.29) is 0 Å². The molecule has 0 saturated carbocycles. The van der Waals surface area contributed by atoms with Crippen molar-refractivity contribution >= 4 is 0 Å². The molecule has 0 N–H and O–H groups in total. The van der Waals surface area contributed by atoms with E-state index in [1.807, 2.05) is 50.3 Å². The molecule has 0 aromatic heterocycles. The van der Waals surface area contributed by atoms with Gasteiger partial charge in [0, 0.05) is 0 Å². The third kappa shape index (κ3) is 3.16. The zero-order valence-corrected chi connectivity index (χ0v) is 8.08. The van der Waals surface area contributed by atoms with E-state index >= 15 is 0 Å². The summed E-state index contributed by atoms with van der Waals surface area (Å²) in [7, 11) is 0. The summed E-state index contributed by atoms with van der Waals surface area (Å²) in [5, 5.41) is 0. The highest BCUT2D eigenvalue weighted by atomic mass is 16.5. The molecule has 0 fully saturated rings. The van der Waals surface area contributed by atoms with Crippen molar-refractivity contribution in [2.75, 3.05) is 0 Å². The minimum absolute atomic E-state index is 0.660. The van der Waals surface area contributed by atoms with Crippen molar-refractivity contribution in [3.63, 3.8) is 0 Å². The molecule has 1 heteroatoms. The molecule has 13 heavy (non-hydrogen) atoms. The van der Waals surface area contributed by atoms with Crippen LogP contribution in [-0.2, 0) is 0 Å². The lowest BCUT2D eigenvalue weighted by atomic mass is 10.2. The van der Waals surface area contributed by atoms with E-state index in [2.05, 4.69) is 6.58 Å². The van der Waals surface area contributed by atoms with Gasteiger partial charge in [-0.1, -0.05) is 24.8 Å². The summed E-state index contributed by atoms with van der Waals surface area (Å²) in [6.07, 6.45) is 3.74. The fourth-order valence-corrected chi connectivity index (χ4v) is 1.05. The predicted molar refractivity (Wildman–Crippen MR) is 55.8 cm³/mol. The molecule has 1 nitrogen and oxygen atoms in total. The highest BCUT2D eigenvalue weighted by Crippen LogP contribution is 2.15. The number of benzene rings is 1. The number of hydrogen-bond acceptors (Lipinski definition) is 1. The summed E-state index contributed by atoms with van der Waals surface area (Å²) in [5.41, 5.74) is 1.19. The molecular weight excluding hydrogens is 160 g/mol. The molecule has 0 bridgehead atoms. The number of allylic oxidation sites excluding steroid dienone is 2. The van der Waals surface area contributed by atoms with Crippen LogP contribution in [0.3, 0.4) is 0 Å². The topological polar surface area (TPSA) is 9.23 Å². The maximum atomic E-state index is 5.45. The normalized spacial score (nSPS) is 10.3. The van der Waals surface area contributed by atoms with Crippen molar-refractivity contribution in [1.29, 1.82) is 0 Å². The molecule has 0 aliphatic rings. The van der Waals surface area contributed by atoms with E-state index in [9.17, 15) is 0 Å². The molecule has 0 atom stereocenters. The Hall–Kier alpha value is -1.50. The Morgan fingerprint density at radius 2 is 2.23 bits per heavy atom. The lowest BCUT2D eigenvalue weighted by molar-refractivity contribution is 0.446. The maximum absolute atomic E-state index is 5.45. The molecule has 0 spiro atoms. The summed E-state index contributed by atoms with van der Waals surface area (Å²) in [5.74, 6) is 1.50. The van der Waals surface area contributed by atoms with Crippen LogP contribution in [0.1, 0.15) is 12.5 Å². The molecule has 1 aromatic carbocycles. The molecule has 0 heterocycles. The second-order valence-corrected chi connectivity index (χ2v) is 2.88. The molecule has 0 saturated heterocycles. The third-order valence-corrected chi connectivity index (χ3v) is 1.59. The monoisotopic (exact) mass is 174 g/mol. The Kier molecular flexibility index (Phi) is 3.32. The first kappa shape index (κ1) is 9.59. The Morgan fingerprint density at radius 3 is 2.85 bits per heavy atom.